The SMILES string of the molecule is c1cc(-c2ccccc2)cc(-c2nc(-c3ccccc3)nc(-c3ccc4oc5cccc(-c6ccc7c8ccccc8c8ccccc8c7c6)c5c4c3)n2)c#1. The molecule has 2 heterocycles. The minimum Gasteiger partial charge on any atom is -0.456 e. The molecule has 11 aromatic rings. The first-order valence-electron chi connectivity index (χ1n) is 18.4. The van der Waals surface area contributed by atoms with Gasteiger partial charge in [-0.1, -0.05) is 146 Å². The van der Waals surface area contributed by atoms with Crippen LogP contribution in [0.5, 0.6) is 0 Å². The molecule has 0 saturated carbocycles. The van der Waals surface area contributed by atoms with Crippen molar-refractivity contribution in [2.45, 2.75) is 0 Å². The molecule has 9 aromatic carbocycles. The van der Waals surface area contributed by atoms with Gasteiger partial charge in [0.25, 0.3) is 0 Å². The Labute approximate surface area is 317 Å². The Bertz CT molecular complexity index is 3220. The Hall–Kier alpha value is -7.61. The van der Waals surface area contributed by atoms with Gasteiger partial charge in [0, 0.05) is 21.9 Å². The summed E-state index contributed by atoms with van der Waals surface area (Å²) in [7, 11) is 0. The van der Waals surface area contributed by atoms with Crippen molar-refractivity contribution < 1.29 is 4.42 Å². The summed E-state index contributed by atoms with van der Waals surface area (Å²) in [5.74, 6) is 1.69. The van der Waals surface area contributed by atoms with Crippen LogP contribution < -0.4 is 0 Å². The van der Waals surface area contributed by atoms with Gasteiger partial charge in [-0.25, -0.2) is 15.0 Å². The van der Waals surface area contributed by atoms with Gasteiger partial charge >= 0.3 is 0 Å². The van der Waals surface area contributed by atoms with E-state index in [2.05, 4.69) is 115 Å². The quantitative estimate of drug-likeness (QED) is 0.168. The van der Waals surface area contributed by atoms with Crippen molar-refractivity contribution in [2.75, 3.05) is 0 Å². The van der Waals surface area contributed by atoms with Crippen LogP contribution in [0.4, 0.5) is 0 Å². The van der Waals surface area contributed by atoms with Crippen molar-refractivity contribution >= 4 is 54.3 Å². The van der Waals surface area contributed by atoms with Gasteiger partial charge in [0.15, 0.2) is 17.5 Å². The van der Waals surface area contributed by atoms with Gasteiger partial charge in [0.05, 0.1) is 5.56 Å². The Balaban J connectivity index is 1.09. The lowest BCUT2D eigenvalue weighted by molar-refractivity contribution is 0.669. The Kier molecular flexibility index (Phi) is 7.05. The lowest BCUT2D eigenvalue weighted by atomic mass is 9.91. The molecule has 4 nitrogen and oxygen atoms in total. The number of rotatable bonds is 5. The fourth-order valence-corrected chi connectivity index (χ4v) is 7.97. The van der Waals surface area contributed by atoms with Gasteiger partial charge in [0.1, 0.15) is 11.2 Å². The van der Waals surface area contributed by atoms with Crippen LogP contribution in [0, 0.1) is 12.1 Å². The van der Waals surface area contributed by atoms with Gasteiger partial charge in [-0.3, -0.25) is 0 Å². The number of furan rings is 1. The summed E-state index contributed by atoms with van der Waals surface area (Å²) >= 11 is 0. The summed E-state index contributed by atoms with van der Waals surface area (Å²) in [6.07, 6.45) is 0. The topological polar surface area (TPSA) is 51.8 Å². The Morgan fingerprint density at radius 2 is 0.945 bits per heavy atom. The predicted octanol–water partition coefficient (Wildman–Crippen LogP) is 13.2. The van der Waals surface area contributed by atoms with E-state index in [1.165, 1.54) is 32.3 Å². The lowest BCUT2D eigenvalue weighted by Gasteiger charge is -2.12. The van der Waals surface area contributed by atoms with Crippen molar-refractivity contribution in [1.29, 1.82) is 0 Å². The molecule has 55 heavy (non-hydrogen) atoms. The molecule has 0 radical (unpaired) electrons. The monoisotopic (exact) mass is 699 g/mol. The molecule has 0 N–H and O–H groups in total. The highest BCUT2D eigenvalue weighted by molar-refractivity contribution is 6.26. The van der Waals surface area contributed by atoms with E-state index < -0.39 is 0 Å². The van der Waals surface area contributed by atoms with E-state index in [-0.39, 0.29) is 0 Å². The standard InChI is InChI=1S/C51H29N3O/c1-3-13-32(14-4-1)34-17-11-18-36(29-34)50-52-49(33-15-5-2-6-16-33)53-51(54-50)37-26-28-46-45(31-37)48-38(23-12-24-47(48)55-46)35-25-27-43-41-21-8-7-19-39(41)40-20-9-10-22-42(40)44(43)30-35/h1-10,12-17,19-31H. The molecule has 0 aliphatic carbocycles. The van der Waals surface area contributed by atoms with E-state index >= 15 is 0 Å². The van der Waals surface area contributed by atoms with Crippen molar-refractivity contribution in [1.82, 2.24) is 15.0 Å². The van der Waals surface area contributed by atoms with Gasteiger partial charge in [-0.05, 0) is 97.0 Å². The minimum absolute atomic E-state index is 0.534. The maximum Gasteiger partial charge on any atom is 0.172 e. The average Bonchev–Trinajstić information content (AvgIpc) is 3.65. The molecule has 0 atom stereocenters. The summed E-state index contributed by atoms with van der Waals surface area (Å²) in [5, 5.41) is 9.56. The number of hydrogen-bond donors (Lipinski definition) is 0. The second-order valence-corrected chi connectivity index (χ2v) is 13.8. The third-order valence-electron chi connectivity index (χ3n) is 10.6. The van der Waals surface area contributed by atoms with Crippen LogP contribution in [0.2, 0.25) is 0 Å². The highest BCUT2D eigenvalue weighted by atomic mass is 16.3. The van der Waals surface area contributed by atoms with Crippen LogP contribution in [-0.4, -0.2) is 15.0 Å². The number of aromatic nitrogens is 3. The molecule has 0 fully saturated rings. The molecule has 11 rings (SSSR count). The minimum atomic E-state index is 0.534. The largest absolute Gasteiger partial charge is 0.456 e. The zero-order valence-electron chi connectivity index (χ0n) is 29.5. The third-order valence-corrected chi connectivity index (χ3v) is 10.6. The molecule has 2 aromatic heterocycles. The summed E-state index contributed by atoms with van der Waals surface area (Å²) in [4.78, 5) is 15.1. The van der Waals surface area contributed by atoms with Crippen LogP contribution in [0.15, 0.2) is 180 Å². The molecule has 0 aliphatic heterocycles. The fourth-order valence-electron chi connectivity index (χ4n) is 7.97. The van der Waals surface area contributed by atoms with E-state index in [9.17, 15) is 0 Å². The molecule has 0 spiro atoms. The third kappa shape index (κ3) is 5.22. The molecule has 0 aliphatic rings. The van der Waals surface area contributed by atoms with Crippen molar-refractivity contribution in [3.8, 4) is 56.4 Å². The van der Waals surface area contributed by atoms with Crippen LogP contribution in [0.3, 0.4) is 0 Å². The van der Waals surface area contributed by atoms with E-state index in [1.807, 2.05) is 72.8 Å². The molecular formula is C51H29N3O. The van der Waals surface area contributed by atoms with E-state index in [0.717, 1.165) is 60.9 Å². The van der Waals surface area contributed by atoms with Crippen LogP contribution in [0.1, 0.15) is 0 Å². The number of benzene rings is 8. The molecule has 254 valence electrons. The van der Waals surface area contributed by atoms with Crippen LogP contribution in [-0.2, 0) is 0 Å². The van der Waals surface area contributed by atoms with Crippen molar-refractivity contribution in [3.05, 3.63) is 188 Å². The smallest absolute Gasteiger partial charge is 0.172 e. The summed E-state index contributed by atoms with van der Waals surface area (Å²) in [5.41, 5.74) is 8.50. The second-order valence-electron chi connectivity index (χ2n) is 13.8. The first-order chi connectivity index (χ1) is 27.2. The normalized spacial score (nSPS) is 11.5. The molecular weight excluding hydrogens is 671 g/mol. The Morgan fingerprint density at radius 3 is 1.67 bits per heavy atom. The predicted molar refractivity (Wildman–Crippen MR) is 224 cm³/mol. The van der Waals surface area contributed by atoms with Crippen molar-refractivity contribution in [2.24, 2.45) is 0 Å². The van der Waals surface area contributed by atoms with Gasteiger partial charge in [-0.15, -0.1) is 0 Å². The first-order valence-corrected chi connectivity index (χ1v) is 18.4. The van der Waals surface area contributed by atoms with E-state index in [0.29, 0.717) is 17.5 Å². The van der Waals surface area contributed by atoms with Gasteiger partial charge < -0.3 is 4.42 Å². The average molecular weight is 700 g/mol. The van der Waals surface area contributed by atoms with Crippen LogP contribution in [0.25, 0.3) is 111 Å². The molecule has 0 saturated heterocycles. The van der Waals surface area contributed by atoms with Gasteiger partial charge in [0.2, 0.25) is 0 Å². The zero-order chi connectivity index (χ0) is 36.3. The first kappa shape index (κ1) is 31.0. The highest BCUT2D eigenvalue weighted by Crippen LogP contribution is 2.41. The lowest BCUT2D eigenvalue weighted by Crippen LogP contribution is -2.00. The van der Waals surface area contributed by atoms with Crippen molar-refractivity contribution in [3.63, 3.8) is 0 Å². The highest BCUT2D eigenvalue weighted by Gasteiger charge is 2.18. The Morgan fingerprint density at radius 1 is 0.364 bits per heavy atom. The maximum atomic E-state index is 6.50. The van der Waals surface area contributed by atoms with Gasteiger partial charge in [-0.2, -0.15) is 0 Å². The van der Waals surface area contributed by atoms with E-state index in [1.54, 1.807) is 0 Å². The molecule has 0 unspecified atom stereocenters. The summed E-state index contributed by atoms with van der Waals surface area (Å²) < 4.78 is 6.50. The second kappa shape index (κ2) is 12.5. The zero-order valence-corrected chi connectivity index (χ0v) is 29.5. The summed E-state index contributed by atoms with van der Waals surface area (Å²) in [6, 6.07) is 67.5. The fraction of sp³-hybridized carbons (Fsp3) is 0. The summed E-state index contributed by atoms with van der Waals surface area (Å²) in [6.45, 7) is 0. The number of fused-ring (bicyclic) bond motifs is 9. The molecule has 4 heteroatoms. The van der Waals surface area contributed by atoms with Crippen LogP contribution >= 0.6 is 0 Å². The maximum absolute atomic E-state index is 6.50. The number of nitrogens with zero attached hydrogens (tertiary/aromatic N) is 3. The molecule has 0 amide bonds. The van der Waals surface area contributed by atoms with E-state index in [4.69, 9.17) is 19.4 Å². The molecule has 0 bridgehead atoms. The number of hydrogen-bond acceptors (Lipinski definition) is 4.